The quantitative estimate of drug-likeness (QED) is 0.888. The molecule has 0 spiro atoms. The number of amides is 2. The van der Waals surface area contributed by atoms with E-state index in [1.54, 1.807) is 4.90 Å². The van der Waals surface area contributed by atoms with Crippen LogP contribution in [-0.4, -0.2) is 40.1 Å². The molecule has 2 rings (SSSR count). The maximum Gasteiger partial charge on any atom is 0.317 e. The van der Waals surface area contributed by atoms with E-state index in [1.165, 1.54) is 11.3 Å². The highest BCUT2D eigenvalue weighted by Crippen LogP contribution is 2.20. The van der Waals surface area contributed by atoms with Gasteiger partial charge in [-0.2, -0.15) is 0 Å². The van der Waals surface area contributed by atoms with E-state index in [-0.39, 0.29) is 18.4 Å². The lowest BCUT2D eigenvalue weighted by Crippen LogP contribution is -2.44. The lowest BCUT2D eigenvalue weighted by atomic mass is 9.94. The summed E-state index contributed by atoms with van der Waals surface area (Å²) in [6.45, 7) is 3.63. The first-order chi connectivity index (χ1) is 9.54. The van der Waals surface area contributed by atoms with Gasteiger partial charge in [-0.15, -0.1) is 11.3 Å². The van der Waals surface area contributed by atoms with Gasteiger partial charge in [0.15, 0.2) is 0 Å². The van der Waals surface area contributed by atoms with Crippen LogP contribution in [0, 0.1) is 12.8 Å². The van der Waals surface area contributed by atoms with Gasteiger partial charge in [0.1, 0.15) is 5.01 Å². The number of aryl methyl sites for hydroxylation is 1. The fraction of sp³-hybridized carbons (Fsp3) is 0.615. The Balaban J connectivity index is 1.73. The van der Waals surface area contributed by atoms with E-state index in [0.29, 0.717) is 19.6 Å². The van der Waals surface area contributed by atoms with Gasteiger partial charge in [0.2, 0.25) is 0 Å². The smallest absolute Gasteiger partial charge is 0.317 e. The molecule has 2 amide bonds. The summed E-state index contributed by atoms with van der Waals surface area (Å²) in [7, 11) is 0. The normalized spacial score (nSPS) is 16.1. The van der Waals surface area contributed by atoms with Crippen LogP contribution in [0.3, 0.4) is 0 Å². The van der Waals surface area contributed by atoms with Gasteiger partial charge in [0.25, 0.3) is 0 Å². The van der Waals surface area contributed by atoms with Crippen LogP contribution in [-0.2, 0) is 11.3 Å². The summed E-state index contributed by atoms with van der Waals surface area (Å²) >= 11 is 1.54. The summed E-state index contributed by atoms with van der Waals surface area (Å²) < 4.78 is 0. The summed E-state index contributed by atoms with van der Waals surface area (Å²) in [6.07, 6.45) is 1.72. The molecular formula is C13H19N3O3S. The number of likely N-dealkylation sites (tertiary alicyclic amines) is 1. The summed E-state index contributed by atoms with van der Waals surface area (Å²) in [6, 6.07) is -0.0911. The first-order valence-corrected chi connectivity index (χ1v) is 7.58. The molecule has 6 nitrogen and oxygen atoms in total. The van der Waals surface area contributed by atoms with Crippen molar-refractivity contribution in [2.45, 2.75) is 32.7 Å². The Kier molecular flexibility index (Phi) is 4.94. The van der Waals surface area contributed by atoms with E-state index in [1.807, 2.05) is 12.3 Å². The lowest BCUT2D eigenvalue weighted by molar-refractivity contribution is -0.138. The number of carbonyl (C=O) groups excluding carboxylic acids is 1. The van der Waals surface area contributed by atoms with Crippen molar-refractivity contribution in [3.63, 3.8) is 0 Å². The van der Waals surface area contributed by atoms with E-state index < -0.39 is 5.97 Å². The minimum absolute atomic E-state index is 0.0911. The number of nitrogens with one attached hydrogen (secondary N) is 1. The third kappa shape index (κ3) is 4.19. The van der Waals surface area contributed by atoms with Crippen molar-refractivity contribution in [1.82, 2.24) is 15.2 Å². The zero-order valence-electron chi connectivity index (χ0n) is 11.5. The molecule has 1 aliphatic rings. The molecule has 1 aliphatic heterocycles. The number of nitrogens with zero attached hydrogens (tertiary/aromatic N) is 2. The molecule has 0 aliphatic carbocycles. The average molecular weight is 297 g/mol. The molecule has 2 heterocycles. The monoisotopic (exact) mass is 297 g/mol. The van der Waals surface area contributed by atoms with Crippen LogP contribution < -0.4 is 5.32 Å². The van der Waals surface area contributed by atoms with Crippen LogP contribution in [0.15, 0.2) is 5.38 Å². The Morgan fingerprint density at radius 2 is 2.20 bits per heavy atom. The summed E-state index contributed by atoms with van der Waals surface area (Å²) in [5.74, 6) is -0.565. The molecule has 0 atom stereocenters. The van der Waals surface area contributed by atoms with Crippen LogP contribution in [0.2, 0.25) is 0 Å². The minimum Gasteiger partial charge on any atom is -0.481 e. The average Bonchev–Trinajstić information content (AvgIpc) is 2.82. The highest BCUT2D eigenvalue weighted by molar-refractivity contribution is 7.09. The number of hydrogen-bond donors (Lipinski definition) is 2. The van der Waals surface area contributed by atoms with E-state index in [0.717, 1.165) is 23.5 Å². The molecule has 0 saturated carbocycles. The van der Waals surface area contributed by atoms with Crippen molar-refractivity contribution in [3.8, 4) is 0 Å². The third-order valence-electron chi connectivity index (χ3n) is 3.42. The number of carboxylic acid groups (broad SMARTS) is 1. The van der Waals surface area contributed by atoms with Crippen molar-refractivity contribution in [1.29, 1.82) is 0 Å². The second-order valence-corrected chi connectivity index (χ2v) is 6.01. The predicted octanol–water partition coefficient (Wildman–Crippen LogP) is 1.85. The van der Waals surface area contributed by atoms with Crippen molar-refractivity contribution in [2.75, 3.05) is 13.1 Å². The minimum atomic E-state index is -0.757. The van der Waals surface area contributed by atoms with E-state index in [9.17, 15) is 9.59 Å². The van der Waals surface area contributed by atoms with Crippen molar-refractivity contribution < 1.29 is 14.7 Å². The topological polar surface area (TPSA) is 82.5 Å². The standard InChI is InChI=1S/C13H19N3O3S/c1-9-8-20-11(15-9)7-14-13(19)16-4-2-10(3-5-16)6-12(17)18/h8,10H,2-7H2,1H3,(H,14,19)(H,17,18). The fourth-order valence-corrected chi connectivity index (χ4v) is 3.05. The van der Waals surface area contributed by atoms with Crippen molar-refractivity contribution in [3.05, 3.63) is 16.1 Å². The van der Waals surface area contributed by atoms with Gasteiger partial charge in [-0.25, -0.2) is 9.78 Å². The zero-order valence-corrected chi connectivity index (χ0v) is 12.3. The van der Waals surface area contributed by atoms with Gasteiger partial charge in [-0.05, 0) is 25.7 Å². The Hall–Kier alpha value is -1.63. The molecule has 0 radical (unpaired) electrons. The van der Waals surface area contributed by atoms with Gasteiger partial charge < -0.3 is 15.3 Å². The Morgan fingerprint density at radius 3 is 2.75 bits per heavy atom. The Morgan fingerprint density at radius 1 is 1.50 bits per heavy atom. The van der Waals surface area contributed by atoms with Crippen LogP contribution in [0.25, 0.3) is 0 Å². The summed E-state index contributed by atoms with van der Waals surface area (Å²) in [4.78, 5) is 28.7. The number of carbonyl (C=O) groups is 2. The largest absolute Gasteiger partial charge is 0.481 e. The van der Waals surface area contributed by atoms with E-state index in [2.05, 4.69) is 10.3 Å². The number of carboxylic acids is 1. The molecule has 0 bridgehead atoms. The number of aromatic nitrogens is 1. The van der Waals surface area contributed by atoms with Crippen molar-refractivity contribution in [2.24, 2.45) is 5.92 Å². The van der Waals surface area contributed by atoms with Crippen LogP contribution in [0.4, 0.5) is 4.79 Å². The van der Waals surface area contributed by atoms with Crippen molar-refractivity contribution >= 4 is 23.3 Å². The molecule has 7 heteroatoms. The maximum atomic E-state index is 12.0. The molecular weight excluding hydrogens is 278 g/mol. The maximum absolute atomic E-state index is 12.0. The van der Waals surface area contributed by atoms with Gasteiger partial charge in [-0.1, -0.05) is 0 Å². The van der Waals surface area contributed by atoms with E-state index in [4.69, 9.17) is 5.11 Å². The van der Waals surface area contributed by atoms with Gasteiger partial charge in [0.05, 0.1) is 6.54 Å². The number of aliphatic carboxylic acids is 1. The SMILES string of the molecule is Cc1csc(CNC(=O)N2CCC(CC(=O)O)CC2)n1. The van der Waals surface area contributed by atoms with Gasteiger partial charge in [-0.3, -0.25) is 4.79 Å². The fourth-order valence-electron chi connectivity index (χ4n) is 2.33. The Labute approximate surface area is 121 Å². The molecule has 0 aromatic carbocycles. The van der Waals surface area contributed by atoms with Crippen LogP contribution in [0.5, 0.6) is 0 Å². The summed E-state index contributed by atoms with van der Waals surface area (Å²) in [5, 5.41) is 14.5. The second kappa shape index (κ2) is 6.69. The molecule has 1 saturated heterocycles. The summed E-state index contributed by atoms with van der Waals surface area (Å²) in [5.41, 5.74) is 0.966. The van der Waals surface area contributed by atoms with Gasteiger partial charge >= 0.3 is 12.0 Å². The highest BCUT2D eigenvalue weighted by atomic mass is 32.1. The molecule has 2 N–H and O–H groups in total. The van der Waals surface area contributed by atoms with Gasteiger partial charge in [0, 0.05) is 30.6 Å². The molecule has 1 aromatic heterocycles. The number of piperidine rings is 1. The number of thiazole rings is 1. The number of rotatable bonds is 4. The second-order valence-electron chi connectivity index (χ2n) is 5.07. The number of hydrogen-bond acceptors (Lipinski definition) is 4. The first kappa shape index (κ1) is 14.8. The zero-order chi connectivity index (χ0) is 14.5. The van der Waals surface area contributed by atoms with E-state index >= 15 is 0 Å². The lowest BCUT2D eigenvalue weighted by Gasteiger charge is -2.31. The van der Waals surface area contributed by atoms with Crippen LogP contribution in [0.1, 0.15) is 30.0 Å². The first-order valence-electron chi connectivity index (χ1n) is 6.70. The highest BCUT2D eigenvalue weighted by Gasteiger charge is 2.24. The Bertz CT molecular complexity index is 481. The predicted molar refractivity (Wildman–Crippen MR) is 75.6 cm³/mol. The molecule has 1 aromatic rings. The van der Waals surface area contributed by atoms with Crippen LogP contribution >= 0.6 is 11.3 Å². The molecule has 1 fully saturated rings. The molecule has 20 heavy (non-hydrogen) atoms. The number of urea groups is 1. The molecule has 110 valence electrons. The molecule has 0 unspecified atom stereocenters. The third-order valence-corrected chi connectivity index (χ3v) is 4.39.